The van der Waals surface area contributed by atoms with Crippen LogP contribution in [-0.2, 0) is 20.8 Å². The zero-order chi connectivity index (χ0) is 15.7. The quantitative estimate of drug-likeness (QED) is 0.344. The van der Waals surface area contributed by atoms with Crippen LogP contribution in [0.1, 0.15) is 32.3 Å². The van der Waals surface area contributed by atoms with E-state index in [4.69, 9.17) is 0 Å². The summed E-state index contributed by atoms with van der Waals surface area (Å²) in [5, 5.41) is 14.0. The number of hydrogen-bond acceptors (Lipinski definition) is 5. The molecule has 114 valence electrons. The number of aliphatic hydroxyl groups is 1. The summed E-state index contributed by atoms with van der Waals surface area (Å²) >= 11 is 0. The molecular formula is C16H21NO4. The Morgan fingerprint density at radius 3 is 2.57 bits per heavy atom. The van der Waals surface area contributed by atoms with E-state index in [9.17, 15) is 14.7 Å². The number of rotatable bonds is 8. The molecule has 0 bridgehead atoms. The number of carbonyl (C=O) groups excluding carboxylic acids is 2. The highest BCUT2D eigenvalue weighted by atomic mass is 16.7. The van der Waals surface area contributed by atoms with Gasteiger partial charge in [0.25, 0.3) is 0 Å². The minimum absolute atomic E-state index is 0.280. The van der Waals surface area contributed by atoms with Gasteiger partial charge in [0.1, 0.15) is 12.4 Å². The van der Waals surface area contributed by atoms with Crippen molar-refractivity contribution in [2.75, 3.05) is 0 Å². The standard InChI is InChI=1S/C16H21NO4/c1-3-7-14(11-18)16(20)15(17-21-12(2)19)10-13-8-5-4-6-9-13/h4-6,8-9,11,14,16,20H,3,7,10H2,1-2H3/b17-15-/t14-,16-/m1/s1. The molecule has 1 rings (SSSR count). The summed E-state index contributed by atoms with van der Waals surface area (Å²) in [7, 11) is 0. The van der Waals surface area contributed by atoms with Gasteiger partial charge in [-0.25, -0.2) is 4.79 Å². The van der Waals surface area contributed by atoms with Crippen LogP contribution in [0.2, 0.25) is 0 Å². The van der Waals surface area contributed by atoms with Crippen molar-refractivity contribution in [3.05, 3.63) is 35.9 Å². The molecule has 2 atom stereocenters. The van der Waals surface area contributed by atoms with Crippen LogP contribution < -0.4 is 0 Å². The molecule has 0 saturated carbocycles. The predicted molar refractivity (Wildman–Crippen MR) is 79.8 cm³/mol. The first-order valence-electron chi connectivity index (χ1n) is 7.00. The molecule has 0 fully saturated rings. The maximum Gasteiger partial charge on any atom is 0.331 e. The van der Waals surface area contributed by atoms with Gasteiger partial charge in [-0.1, -0.05) is 48.8 Å². The third-order valence-corrected chi connectivity index (χ3v) is 3.06. The average Bonchev–Trinajstić information content (AvgIpc) is 2.49. The van der Waals surface area contributed by atoms with Crippen molar-refractivity contribution in [1.29, 1.82) is 0 Å². The zero-order valence-corrected chi connectivity index (χ0v) is 12.4. The van der Waals surface area contributed by atoms with E-state index in [-0.39, 0.29) is 5.71 Å². The van der Waals surface area contributed by atoms with Crippen LogP contribution in [0, 0.1) is 5.92 Å². The zero-order valence-electron chi connectivity index (χ0n) is 12.4. The fourth-order valence-electron chi connectivity index (χ4n) is 2.00. The first-order valence-corrected chi connectivity index (χ1v) is 7.00. The number of carbonyl (C=O) groups is 2. The number of oxime groups is 1. The minimum atomic E-state index is -1.05. The molecule has 1 N–H and O–H groups in total. The third-order valence-electron chi connectivity index (χ3n) is 3.06. The normalized spacial score (nSPS) is 14.3. The van der Waals surface area contributed by atoms with Crippen molar-refractivity contribution < 1.29 is 19.5 Å². The van der Waals surface area contributed by atoms with E-state index in [2.05, 4.69) is 9.99 Å². The smallest absolute Gasteiger partial charge is 0.331 e. The maximum atomic E-state index is 11.1. The number of hydrogen-bond donors (Lipinski definition) is 1. The topological polar surface area (TPSA) is 76.0 Å². The fraction of sp³-hybridized carbons (Fsp3) is 0.438. The first-order chi connectivity index (χ1) is 10.1. The van der Waals surface area contributed by atoms with Crippen LogP contribution >= 0.6 is 0 Å². The van der Waals surface area contributed by atoms with Gasteiger partial charge >= 0.3 is 5.97 Å². The van der Waals surface area contributed by atoms with Gasteiger partial charge in [0.15, 0.2) is 0 Å². The van der Waals surface area contributed by atoms with Crippen molar-refractivity contribution in [1.82, 2.24) is 0 Å². The highest BCUT2D eigenvalue weighted by Crippen LogP contribution is 2.14. The molecule has 0 spiro atoms. The number of aldehydes is 1. The van der Waals surface area contributed by atoms with E-state index in [0.29, 0.717) is 12.8 Å². The van der Waals surface area contributed by atoms with Crippen LogP contribution in [0.25, 0.3) is 0 Å². The Morgan fingerprint density at radius 2 is 2.05 bits per heavy atom. The van der Waals surface area contributed by atoms with Crippen LogP contribution in [0.15, 0.2) is 35.5 Å². The highest BCUT2D eigenvalue weighted by Gasteiger charge is 2.24. The Bertz CT molecular complexity index is 484. The van der Waals surface area contributed by atoms with Crippen LogP contribution in [0.3, 0.4) is 0 Å². The van der Waals surface area contributed by atoms with Gasteiger partial charge in [0, 0.05) is 19.3 Å². The predicted octanol–water partition coefficient (Wildman–Crippen LogP) is 2.12. The molecule has 5 heteroatoms. The van der Waals surface area contributed by atoms with Crippen molar-refractivity contribution in [3.8, 4) is 0 Å². The van der Waals surface area contributed by atoms with Crippen molar-refractivity contribution in [3.63, 3.8) is 0 Å². The van der Waals surface area contributed by atoms with E-state index in [1.165, 1.54) is 6.92 Å². The summed E-state index contributed by atoms with van der Waals surface area (Å²) in [5.41, 5.74) is 1.20. The molecule has 5 nitrogen and oxygen atoms in total. The van der Waals surface area contributed by atoms with E-state index in [1.54, 1.807) is 0 Å². The Labute approximate surface area is 124 Å². The van der Waals surface area contributed by atoms with Crippen molar-refractivity contribution in [2.45, 2.75) is 39.2 Å². The Balaban J connectivity index is 2.93. The lowest BCUT2D eigenvalue weighted by atomic mass is 9.92. The molecule has 0 aliphatic rings. The molecule has 0 amide bonds. The lowest BCUT2D eigenvalue weighted by Gasteiger charge is -2.18. The second-order valence-corrected chi connectivity index (χ2v) is 4.86. The van der Waals surface area contributed by atoms with Gasteiger partial charge in [-0.05, 0) is 12.0 Å². The van der Waals surface area contributed by atoms with Crippen molar-refractivity contribution in [2.24, 2.45) is 11.1 Å². The lowest BCUT2D eigenvalue weighted by molar-refractivity contribution is -0.141. The van der Waals surface area contributed by atoms with Gasteiger partial charge in [-0.3, -0.25) is 0 Å². The maximum absolute atomic E-state index is 11.1. The van der Waals surface area contributed by atoms with Gasteiger partial charge in [0.2, 0.25) is 0 Å². The van der Waals surface area contributed by atoms with Crippen LogP contribution in [0.4, 0.5) is 0 Å². The Hall–Kier alpha value is -2.01. The monoisotopic (exact) mass is 291 g/mol. The SMILES string of the molecule is CCC[C@H](C=O)[C@@H](O)/C(Cc1ccccc1)=N\OC(C)=O. The molecule has 0 heterocycles. The molecule has 0 unspecified atom stereocenters. The van der Waals surface area contributed by atoms with E-state index in [0.717, 1.165) is 18.3 Å². The van der Waals surface area contributed by atoms with Gasteiger partial charge in [-0.15, -0.1) is 0 Å². The summed E-state index contributed by atoms with van der Waals surface area (Å²) in [6.45, 7) is 3.17. The molecular weight excluding hydrogens is 270 g/mol. The van der Waals surface area contributed by atoms with E-state index < -0.39 is 18.0 Å². The number of benzene rings is 1. The second-order valence-electron chi connectivity index (χ2n) is 4.86. The van der Waals surface area contributed by atoms with Gasteiger partial charge in [-0.2, -0.15) is 0 Å². The lowest BCUT2D eigenvalue weighted by Crippen LogP contribution is -2.32. The first kappa shape index (κ1) is 17.0. The summed E-state index contributed by atoms with van der Waals surface area (Å²) in [6, 6.07) is 9.38. The average molecular weight is 291 g/mol. The van der Waals surface area contributed by atoms with Gasteiger partial charge in [0.05, 0.1) is 5.71 Å². The van der Waals surface area contributed by atoms with Crippen molar-refractivity contribution >= 4 is 18.0 Å². The summed E-state index contributed by atoms with van der Waals surface area (Å²) in [4.78, 5) is 26.7. The number of aliphatic hydroxyl groups excluding tert-OH is 1. The highest BCUT2D eigenvalue weighted by molar-refractivity contribution is 5.92. The summed E-state index contributed by atoms with van der Waals surface area (Å²) in [5.74, 6) is -1.11. The third kappa shape index (κ3) is 5.87. The Kier molecular flexibility index (Phi) is 7.32. The number of nitrogens with zero attached hydrogens (tertiary/aromatic N) is 1. The van der Waals surface area contributed by atoms with E-state index >= 15 is 0 Å². The molecule has 0 radical (unpaired) electrons. The largest absolute Gasteiger partial charge is 0.386 e. The second kappa shape index (κ2) is 9.02. The molecule has 0 aromatic heterocycles. The minimum Gasteiger partial charge on any atom is -0.386 e. The Morgan fingerprint density at radius 1 is 1.38 bits per heavy atom. The molecule has 0 aliphatic carbocycles. The molecule has 1 aromatic rings. The molecule has 21 heavy (non-hydrogen) atoms. The summed E-state index contributed by atoms with van der Waals surface area (Å²) in [6.07, 6.45) is 1.32. The fourth-order valence-corrected chi connectivity index (χ4v) is 2.00. The molecule has 1 aromatic carbocycles. The molecule has 0 saturated heterocycles. The van der Waals surface area contributed by atoms with Crippen LogP contribution in [-0.4, -0.2) is 29.2 Å². The molecule has 0 aliphatic heterocycles. The summed E-state index contributed by atoms with van der Waals surface area (Å²) < 4.78 is 0. The van der Waals surface area contributed by atoms with E-state index in [1.807, 2.05) is 37.3 Å². The van der Waals surface area contributed by atoms with Crippen LogP contribution in [0.5, 0.6) is 0 Å². The van der Waals surface area contributed by atoms with Gasteiger partial charge < -0.3 is 14.7 Å².